The molecule has 0 aliphatic heterocycles. The van der Waals surface area contributed by atoms with E-state index in [0.29, 0.717) is 86.7 Å². The van der Waals surface area contributed by atoms with Crippen molar-refractivity contribution in [2.45, 2.75) is 91.0 Å². The van der Waals surface area contributed by atoms with Crippen LogP contribution in [0.25, 0.3) is 48.9 Å². The average molecular weight is 878 g/mol. The highest BCUT2D eigenvalue weighted by atomic mass is 19.4. The number of hydrogen-bond donors (Lipinski definition) is 1. The lowest BCUT2D eigenvalue weighted by Gasteiger charge is -2.12. The minimum absolute atomic E-state index is 0.0556. The van der Waals surface area contributed by atoms with Crippen LogP contribution >= 0.6 is 0 Å². The number of aliphatic hydroxyl groups excluding tert-OH is 1. The Morgan fingerprint density at radius 1 is 0.667 bits per heavy atom. The third kappa shape index (κ3) is 9.83. The molecule has 0 aliphatic rings. The first-order valence-electron chi connectivity index (χ1n) is 20.1. The molecule has 8 rings (SSSR count). The molecular formula is C43H41F6N9O5. The Hall–Kier alpha value is -6.75. The highest BCUT2D eigenvalue weighted by Gasteiger charge is 2.39. The molecule has 1 N–H and O–H groups in total. The first-order chi connectivity index (χ1) is 30.3. The molecule has 4 heterocycles. The topological polar surface area (TPSA) is 157 Å². The summed E-state index contributed by atoms with van der Waals surface area (Å²) < 4.78 is 104. The Balaban J connectivity index is 0.000000189. The molecule has 0 unspecified atom stereocenters. The van der Waals surface area contributed by atoms with Crippen LogP contribution in [0.5, 0.6) is 11.5 Å². The van der Waals surface area contributed by atoms with E-state index >= 15 is 0 Å². The lowest BCUT2D eigenvalue weighted by Crippen LogP contribution is -2.07. The van der Waals surface area contributed by atoms with E-state index in [-0.39, 0.29) is 28.5 Å². The lowest BCUT2D eigenvalue weighted by molar-refractivity contribution is -0.142. The second kappa shape index (κ2) is 19.1. The van der Waals surface area contributed by atoms with E-state index in [0.717, 1.165) is 40.5 Å². The standard InChI is InChI=1S/C22H20F3N5O2.C21H21F3N4O3/c1-3-5-15-19(9-7-16-20(15)32-28-21(16)22(23,24)25)31-11-4-10-30-18-8-6-14(13-26-2)12-17(18)27-29-30;1-2-4-14-18(8-6-15-19(14)31-26-20(15)21(22,23)24)30-10-3-9-28-17-7-5-13(12-29)11-16(17)25-27-28/h6-9,12H,3-5,10-11,13H2,1H3;5-8,11,29H,2-4,9-10,12H2,1H3. The van der Waals surface area contributed by atoms with Crippen LogP contribution in [0, 0.1) is 6.57 Å². The van der Waals surface area contributed by atoms with Gasteiger partial charge in [0.25, 0.3) is 0 Å². The highest BCUT2D eigenvalue weighted by Crippen LogP contribution is 2.40. The van der Waals surface area contributed by atoms with Gasteiger partial charge >= 0.3 is 12.4 Å². The maximum Gasteiger partial charge on any atom is 0.437 e. The summed E-state index contributed by atoms with van der Waals surface area (Å²) >= 11 is 0. The second-order valence-corrected chi connectivity index (χ2v) is 14.5. The Bertz CT molecular complexity index is 2870. The Kier molecular flexibility index (Phi) is 13.4. The van der Waals surface area contributed by atoms with Crippen molar-refractivity contribution in [3.05, 3.63) is 106 Å². The van der Waals surface area contributed by atoms with Gasteiger partial charge in [-0.3, -0.25) is 0 Å². The van der Waals surface area contributed by atoms with Gasteiger partial charge in [-0.1, -0.05) is 53.5 Å². The minimum Gasteiger partial charge on any atom is -0.493 e. The van der Waals surface area contributed by atoms with Crippen molar-refractivity contribution in [3.8, 4) is 11.5 Å². The largest absolute Gasteiger partial charge is 0.493 e. The van der Waals surface area contributed by atoms with Crippen LogP contribution in [0.3, 0.4) is 0 Å². The Labute approximate surface area is 355 Å². The van der Waals surface area contributed by atoms with E-state index in [4.69, 9.17) is 25.1 Å². The highest BCUT2D eigenvalue weighted by molar-refractivity contribution is 5.86. The number of alkyl halides is 6. The van der Waals surface area contributed by atoms with Crippen molar-refractivity contribution < 1.29 is 50.0 Å². The number of aromatic nitrogens is 8. The summed E-state index contributed by atoms with van der Waals surface area (Å²) in [6.07, 6.45) is -5.44. The molecule has 0 radical (unpaired) electrons. The van der Waals surface area contributed by atoms with Crippen molar-refractivity contribution in [1.29, 1.82) is 0 Å². The number of hydrogen-bond acceptors (Lipinski definition) is 11. The minimum atomic E-state index is -4.57. The molecule has 0 spiro atoms. The fraction of sp³-hybridized carbons (Fsp3) is 0.372. The molecule has 330 valence electrons. The first-order valence-corrected chi connectivity index (χ1v) is 20.1. The fourth-order valence-electron chi connectivity index (χ4n) is 7.18. The molecule has 0 atom stereocenters. The molecule has 0 saturated carbocycles. The summed E-state index contributed by atoms with van der Waals surface area (Å²) in [6, 6.07) is 16.9. The van der Waals surface area contributed by atoms with Crippen LogP contribution < -0.4 is 9.47 Å². The maximum absolute atomic E-state index is 13.1. The predicted octanol–water partition coefficient (Wildman–Crippen LogP) is 9.94. The van der Waals surface area contributed by atoms with E-state index in [9.17, 15) is 31.4 Å². The average Bonchev–Trinajstić information content (AvgIpc) is 4.07. The molecule has 0 fully saturated rings. The molecular weight excluding hydrogens is 837 g/mol. The molecule has 4 aromatic heterocycles. The molecule has 20 heteroatoms. The maximum atomic E-state index is 13.1. The van der Waals surface area contributed by atoms with Gasteiger partial charge in [-0.2, -0.15) is 26.3 Å². The summed E-state index contributed by atoms with van der Waals surface area (Å²) in [5.74, 6) is 0.992. The van der Waals surface area contributed by atoms with Gasteiger partial charge in [0.15, 0.2) is 22.6 Å². The summed E-state index contributed by atoms with van der Waals surface area (Å²) in [5, 5.41) is 32.1. The van der Waals surface area contributed by atoms with Gasteiger partial charge in [0.05, 0.1) is 41.6 Å². The van der Waals surface area contributed by atoms with E-state index in [1.165, 1.54) is 12.1 Å². The van der Waals surface area contributed by atoms with E-state index in [1.807, 2.05) is 44.2 Å². The van der Waals surface area contributed by atoms with Crippen molar-refractivity contribution in [1.82, 2.24) is 40.3 Å². The summed E-state index contributed by atoms with van der Waals surface area (Å²) in [4.78, 5) is 3.37. The van der Waals surface area contributed by atoms with Crippen LogP contribution in [0.15, 0.2) is 69.7 Å². The third-order valence-electron chi connectivity index (χ3n) is 10.1. The zero-order chi connectivity index (χ0) is 44.7. The first kappa shape index (κ1) is 44.3. The van der Waals surface area contributed by atoms with Gasteiger partial charge in [-0.25, -0.2) is 15.9 Å². The molecule has 0 aliphatic carbocycles. The monoisotopic (exact) mass is 877 g/mol. The SMILES string of the molecule is CCCc1c(OCCCn2nnc3cc(CO)ccc32)ccc2c(C(F)(F)F)noc12.[C-]#[N+]Cc1ccc2c(c1)nnn2CCCOc1ccc2c(C(F)(F)F)noc2c1CCC. The fourth-order valence-corrected chi connectivity index (χ4v) is 7.18. The number of ether oxygens (including phenoxy) is 2. The van der Waals surface area contributed by atoms with Gasteiger partial charge in [0.2, 0.25) is 6.54 Å². The van der Waals surface area contributed by atoms with Crippen LogP contribution in [0.2, 0.25) is 0 Å². The quantitative estimate of drug-likeness (QED) is 0.0560. The van der Waals surface area contributed by atoms with Crippen LogP contribution in [0.4, 0.5) is 26.3 Å². The van der Waals surface area contributed by atoms with Crippen molar-refractivity contribution >= 4 is 44.0 Å². The van der Waals surface area contributed by atoms with E-state index < -0.39 is 23.7 Å². The molecule has 0 bridgehead atoms. The Morgan fingerprint density at radius 2 is 1.13 bits per heavy atom. The number of fused-ring (bicyclic) bond motifs is 4. The van der Waals surface area contributed by atoms with Crippen molar-refractivity contribution in [3.63, 3.8) is 0 Å². The third-order valence-corrected chi connectivity index (χ3v) is 10.1. The van der Waals surface area contributed by atoms with E-state index in [2.05, 4.69) is 35.8 Å². The normalized spacial score (nSPS) is 12.0. The number of nitrogens with zero attached hydrogens (tertiary/aromatic N) is 9. The van der Waals surface area contributed by atoms with Crippen molar-refractivity contribution in [2.75, 3.05) is 13.2 Å². The van der Waals surface area contributed by atoms with Crippen LogP contribution in [-0.2, 0) is 51.4 Å². The number of aliphatic hydroxyl groups is 1. The molecule has 8 aromatic rings. The predicted molar refractivity (Wildman–Crippen MR) is 218 cm³/mol. The van der Waals surface area contributed by atoms with Gasteiger partial charge in [-0.05, 0) is 73.0 Å². The summed E-state index contributed by atoms with van der Waals surface area (Å²) in [5.41, 5.74) is 4.19. The Morgan fingerprint density at radius 3 is 1.56 bits per heavy atom. The molecule has 63 heavy (non-hydrogen) atoms. The number of aryl methyl sites for hydroxylation is 4. The zero-order valence-electron chi connectivity index (χ0n) is 34.1. The second-order valence-electron chi connectivity index (χ2n) is 14.5. The molecule has 0 saturated heterocycles. The molecule has 14 nitrogen and oxygen atoms in total. The lowest BCUT2D eigenvalue weighted by atomic mass is 10.0. The van der Waals surface area contributed by atoms with Gasteiger partial charge < -0.3 is 28.5 Å². The van der Waals surface area contributed by atoms with Gasteiger partial charge in [0.1, 0.15) is 22.5 Å². The molecule has 0 amide bonds. The van der Waals surface area contributed by atoms with Gasteiger partial charge in [0, 0.05) is 42.6 Å². The number of rotatable bonds is 16. The number of halogens is 6. The zero-order valence-corrected chi connectivity index (χ0v) is 34.1. The van der Waals surface area contributed by atoms with Crippen molar-refractivity contribution in [2.24, 2.45) is 0 Å². The van der Waals surface area contributed by atoms with Crippen LogP contribution in [0.1, 0.15) is 73.2 Å². The van der Waals surface area contributed by atoms with Crippen LogP contribution in [-0.4, -0.2) is 58.6 Å². The number of benzene rings is 4. The molecule has 4 aromatic carbocycles. The van der Waals surface area contributed by atoms with Gasteiger partial charge in [-0.15, -0.1) is 10.2 Å². The van der Waals surface area contributed by atoms with E-state index in [1.54, 1.807) is 27.6 Å². The summed E-state index contributed by atoms with van der Waals surface area (Å²) in [6.45, 7) is 12.9. The summed E-state index contributed by atoms with van der Waals surface area (Å²) in [7, 11) is 0. The smallest absolute Gasteiger partial charge is 0.437 e.